The molecule has 1 aromatic rings. The summed E-state index contributed by atoms with van der Waals surface area (Å²) < 4.78 is 15.7. The smallest absolute Gasteiger partial charge is 0.407 e. The first-order valence-corrected chi connectivity index (χ1v) is 13.4. The van der Waals surface area contributed by atoms with Crippen molar-refractivity contribution < 1.29 is 38.2 Å². The number of rotatable bonds is 10. The average molecular weight is 563 g/mol. The predicted octanol–water partition coefficient (Wildman–Crippen LogP) is 2.60. The third-order valence-corrected chi connectivity index (χ3v) is 5.56. The predicted molar refractivity (Wildman–Crippen MR) is 146 cm³/mol. The Labute approximate surface area is 235 Å². The number of carbonyl (C=O) groups excluding carboxylic acids is 5. The molecule has 1 aliphatic heterocycles. The van der Waals surface area contributed by atoms with Gasteiger partial charge in [-0.05, 0) is 59.9 Å². The van der Waals surface area contributed by atoms with E-state index in [2.05, 4.69) is 10.6 Å². The highest BCUT2D eigenvalue weighted by molar-refractivity contribution is 5.92. The maximum atomic E-state index is 13.4. The van der Waals surface area contributed by atoms with Crippen molar-refractivity contribution in [1.29, 1.82) is 0 Å². The van der Waals surface area contributed by atoms with Crippen molar-refractivity contribution in [1.82, 2.24) is 20.4 Å². The lowest BCUT2D eigenvalue weighted by molar-refractivity contribution is -0.163. The van der Waals surface area contributed by atoms with Crippen molar-refractivity contribution in [2.75, 3.05) is 32.7 Å². The normalized spacial score (nSPS) is 15.8. The number of alkyl carbamates (subject to hydrolysis) is 2. The number of hydrogen-bond donors (Lipinski definition) is 2. The summed E-state index contributed by atoms with van der Waals surface area (Å²) in [7, 11) is 0. The minimum absolute atomic E-state index is 0.0516. The Bertz CT molecular complexity index is 1030. The van der Waals surface area contributed by atoms with Crippen LogP contribution in [0.15, 0.2) is 30.3 Å². The summed E-state index contributed by atoms with van der Waals surface area (Å²) in [6, 6.07) is 8.23. The summed E-state index contributed by atoms with van der Waals surface area (Å²) in [6.07, 6.45) is -0.749. The van der Waals surface area contributed by atoms with E-state index < -0.39 is 47.2 Å². The molecule has 0 spiro atoms. The second-order valence-electron chi connectivity index (χ2n) is 11.4. The number of nitrogens with zero attached hydrogens (tertiary/aromatic N) is 2. The van der Waals surface area contributed by atoms with Gasteiger partial charge in [-0.25, -0.2) is 9.59 Å². The van der Waals surface area contributed by atoms with Gasteiger partial charge in [0.05, 0.1) is 0 Å². The van der Waals surface area contributed by atoms with Gasteiger partial charge < -0.3 is 34.6 Å². The fraction of sp³-hybridized carbons (Fsp3) is 0.607. The van der Waals surface area contributed by atoms with Crippen LogP contribution in [0.4, 0.5) is 9.59 Å². The molecule has 1 atom stereocenters. The van der Waals surface area contributed by atoms with Crippen LogP contribution < -0.4 is 10.6 Å². The van der Waals surface area contributed by atoms with Crippen LogP contribution in [0.3, 0.4) is 0 Å². The van der Waals surface area contributed by atoms with Gasteiger partial charge in [0.15, 0.2) is 0 Å². The molecule has 0 bridgehead atoms. The second-order valence-corrected chi connectivity index (χ2v) is 11.4. The Morgan fingerprint density at radius 1 is 0.900 bits per heavy atom. The van der Waals surface area contributed by atoms with Crippen LogP contribution in [-0.4, -0.2) is 89.7 Å². The number of nitrogens with one attached hydrogen (secondary N) is 2. The van der Waals surface area contributed by atoms with E-state index >= 15 is 0 Å². The first kappa shape index (κ1) is 32.4. The molecule has 1 saturated heterocycles. The van der Waals surface area contributed by atoms with Crippen molar-refractivity contribution in [3.8, 4) is 0 Å². The fourth-order valence-corrected chi connectivity index (χ4v) is 3.93. The molecule has 40 heavy (non-hydrogen) atoms. The average Bonchev–Trinajstić information content (AvgIpc) is 2.84. The zero-order valence-corrected chi connectivity index (χ0v) is 24.3. The second kappa shape index (κ2) is 14.5. The van der Waals surface area contributed by atoms with Gasteiger partial charge in [-0.3, -0.25) is 14.4 Å². The molecule has 0 aromatic heterocycles. The lowest BCUT2D eigenvalue weighted by Gasteiger charge is -2.40. The highest BCUT2D eigenvalue weighted by Gasteiger charge is 2.38. The molecule has 12 heteroatoms. The topological polar surface area (TPSA) is 144 Å². The molecule has 0 saturated carbocycles. The highest BCUT2D eigenvalue weighted by Crippen LogP contribution is 2.18. The van der Waals surface area contributed by atoms with E-state index in [0.717, 1.165) is 5.56 Å². The van der Waals surface area contributed by atoms with Crippen molar-refractivity contribution >= 4 is 30.0 Å². The van der Waals surface area contributed by atoms with Gasteiger partial charge in [-0.2, -0.15) is 0 Å². The Morgan fingerprint density at radius 3 is 2.17 bits per heavy atom. The van der Waals surface area contributed by atoms with E-state index in [-0.39, 0.29) is 45.8 Å². The molecular formula is C28H42N4O8. The molecule has 0 aliphatic carbocycles. The lowest BCUT2D eigenvalue weighted by atomic mass is 10.0. The quantitative estimate of drug-likeness (QED) is 0.252. The van der Waals surface area contributed by atoms with Crippen LogP contribution >= 0.6 is 0 Å². The van der Waals surface area contributed by atoms with Crippen LogP contribution in [0, 0.1) is 0 Å². The molecule has 1 aliphatic rings. The van der Waals surface area contributed by atoms with Gasteiger partial charge in [0, 0.05) is 19.6 Å². The molecule has 4 amide bonds. The Balaban J connectivity index is 1.98. The summed E-state index contributed by atoms with van der Waals surface area (Å²) in [5, 5.41) is 5.07. The zero-order chi connectivity index (χ0) is 29.9. The molecule has 0 radical (unpaired) electrons. The van der Waals surface area contributed by atoms with Gasteiger partial charge in [-0.15, -0.1) is 0 Å². The highest BCUT2D eigenvalue weighted by atomic mass is 16.6. The number of piperazine rings is 1. The van der Waals surface area contributed by atoms with E-state index in [1.165, 1.54) is 9.80 Å². The molecule has 2 N–H and O–H groups in total. The number of carbonyl (C=O) groups is 5. The molecule has 1 fully saturated rings. The van der Waals surface area contributed by atoms with Gasteiger partial charge in [0.25, 0.3) is 0 Å². The van der Waals surface area contributed by atoms with Crippen molar-refractivity contribution in [3.05, 3.63) is 35.9 Å². The Kier molecular flexibility index (Phi) is 11.8. The standard InChI is InChI=1S/C28H42N4O8/c1-27(2,3)39-23(34)18-31-15-16-32(21(24(31)35)13-10-14-29-26(37)40-28(4,5)6)22(33)17-30-25(36)38-19-20-11-8-7-9-12-20/h7-9,11-12,21H,10,13-19H2,1-6H3,(H,29,37)(H,30,36)/t21-/m0/s1. The van der Waals surface area contributed by atoms with Gasteiger partial charge in [0.2, 0.25) is 11.8 Å². The van der Waals surface area contributed by atoms with E-state index in [0.29, 0.717) is 6.42 Å². The summed E-state index contributed by atoms with van der Waals surface area (Å²) in [5.74, 6) is -1.42. The van der Waals surface area contributed by atoms with Crippen LogP contribution in [-0.2, 0) is 35.2 Å². The fourth-order valence-electron chi connectivity index (χ4n) is 3.93. The van der Waals surface area contributed by atoms with Crippen LogP contribution in [0.25, 0.3) is 0 Å². The van der Waals surface area contributed by atoms with Gasteiger partial charge in [0.1, 0.15) is 36.9 Å². The first-order chi connectivity index (χ1) is 18.6. The van der Waals surface area contributed by atoms with E-state index in [1.807, 2.05) is 30.3 Å². The lowest BCUT2D eigenvalue weighted by Crippen LogP contribution is -2.61. The summed E-state index contributed by atoms with van der Waals surface area (Å²) >= 11 is 0. The molecule has 222 valence electrons. The van der Waals surface area contributed by atoms with Crippen LogP contribution in [0.2, 0.25) is 0 Å². The van der Waals surface area contributed by atoms with Crippen LogP contribution in [0.1, 0.15) is 59.9 Å². The molecule has 2 rings (SSSR count). The number of esters is 1. The number of benzene rings is 1. The van der Waals surface area contributed by atoms with Crippen molar-refractivity contribution in [2.24, 2.45) is 0 Å². The van der Waals surface area contributed by atoms with Gasteiger partial charge in [-0.1, -0.05) is 30.3 Å². The monoisotopic (exact) mass is 562 g/mol. The minimum atomic E-state index is -0.883. The maximum Gasteiger partial charge on any atom is 0.407 e. The maximum absolute atomic E-state index is 13.4. The Morgan fingerprint density at radius 2 is 1.55 bits per heavy atom. The largest absolute Gasteiger partial charge is 0.459 e. The minimum Gasteiger partial charge on any atom is -0.459 e. The SMILES string of the molecule is CC(C)(C)OC(=O)CN1CCN(C(=O)CNC(=O)OCc2ccccc2)[C@@H](CCCNC(=O)OC(C)(C)C)C1=O. The molecule has 0 unspecified atom stereocenters. The van der Waals surface area contributed by atoms with E-state index in [4.69, 9.17) is 14.2 Å². The van der Waals surface area contributed by atoms with E-state index in [9.17, 15) is 24.0 Å². The number of ether oxygens (including phenoxy) is 3. The number of amides is 4. The first-order valence-electron chi connectivity index (χ1n) is 13.4. The molecule has 12 nitrogen and oxygen atoms in total. The van der Waals surface area contributed by atoms with Crippen molar-refractivity contribution in [2.45, 2.75) is 78.2 Å². The molecular weight excluding hydrogens is 520 g/mol. The zero-order valence-electron chi connectivity index (χ0n) is 24.3. The Hall–Kier alpha value is -3.83. The number of hydrogen-bond acceptors (Lipinski definition) is 8. The summed E-state index contributed by atoms with van der Waals surface area (Å²) in [6.45, 7) is 10.4. The van der Waals surface area contributed by atoms with Crippen molar-refractivity contribution in [3.63, 3.8) is 0 Å². The van der Waals surface area contributed by atoms with Gasteiger partial charge >= 0.3 is 18.2 Å². The van der Waals surface area contributed by atoms with E-state index in [1.54, 1.807) is 41.5 Å². The molecule has 1 aromatic carbocycles. The van der Waals surface area contributed by atoms with Crippen LogP contribution in [0.5, 0.6) is 0 Å². The molecule has 1 heterocycles. The third-order valence-electron chi connectivity index (χ3n) is 5.56. The summed E-state index contributed by atoms with van der Waals surface area (Å²) in [4.78, 5) is 65.6. The third kappa shape index (κ3) is 11.9. The summed E-state index contributed by atoms with van der Waals surface area (Å²) in [5.41, 5.74) is -0.550.